The van der Waals surface area contributed by atoms with E-state index in [0.717, 1.165) is 35.5 Å². The predicted molar refractivity (Wildman–Crippen MR) is 142 cm³/mol. The SMILES string of the molecule is CCC(CCOc1ccc(CCN=C(NC(C)=O)NC(=O)OC(C)(C)C)cc1)Oc1ccccc1C. The molecule has 36 heavy (non-hydrogen) atoms. The summed E-state index contributed by atoms with van der Waals surface area (Å²) in [6.07, 6.45) is 1.74. The number of hydrogen-bond donors (Lipinski definition) is 2. The third-order valence-electron chi connectivity index (χ3n) is 5.06. The first-order valence-electron chi connectivity index (χ1n) is 12.3. The van der Waals surface area contributed by atoms with Gasteiger partial charge < -0.3 is 14.2 Å². The summed E-state index contributed by atoms with van der Waals surface area (Å²) < 4.78 is 17.3. The lowest BCUT2D eigenvalue weighted by molar-refractivity contribution is -0.117. The number of benzene rings is 2. The quantitative estimate of drug-likeness (QED) is 0.348. The Morgan fingerprint density at radius 1 is 1.03 bits per heavy atom. The molecule has 196 valence electrons. The smallest absolute Gasteiger partial charge is 0.414 e. The molecule has 0 aliphatic rings. The fourth-order valence-electron chi connectivity index (χ4n) is 3.25. The van der Waals surface area contributed by atoms with Gasteiger partial charge in [0.1, 0.15) is 23.2 Å². The van der Waals surface area contributed by atoms with Gasteiger partial charge in [0.25, 0.3) is 0 Å². The third-order valence-corrected chi connectivity index (χ3v) is 5.06. The highest BCUT2D eigenvalue weighted by molar-refractivity contribution is 6.02. The zero-order chi connectivity index (χ0) is 26.6. The molecule has 2 amide bonds. The molecule has 8 nitrogen and oxygen atoms in total. The van der Waals surface area contributed by atoms with Crippen LogP contribution in [-0.2, 0) is 16.0 Å². The van der Waals surface area contributed by atoms with Crippen molar-refractivity contribution >= 4 is 18.0 Å². The maximum Gasteiger partial charge on any atom is 0.414 e. The summed E-state index contributed by atoms with van der Waals surface area (Å²) in [6.45, 7) is 11.7. The number of aryl methyl sites for hydroxylation is 1. The van der Waals surface area contributed by atoms with Gasteiger partial charge >= 0.3 is 6.09 Å². The van der Waals surface area contributed by atoms with Crippen LogP contribution in [0.3, 0.4) is 0 Å². The number of hydrogen-bond acceptors (Lipinski definition) is 6. The lowest BCUT2D eigenvalue weighted by Crippen LogP contribution is -2.45. The molecule has 0 heterocycles. The molecule has 0 fully saturated rings. The van der Waals surface area contributed by atoms with Gasteiger partial charge in [-0.05, 0) is 69.9 Å². The summed E-state index contributed by atoms with van der Waals surface area (Å²) in [7, 11) is 0. The second-order valence-corrected chi connectivity index (χ2v) is 9.48. The highest BCUT2D eigenvalue weighted by Crippen LogP contribution is 2.20. The van der Waals surface area contributed by atoms with Crippen molar-refractivity contribution in [2.24, 2.45) is 4.99 Å². The Balaban J connectivity index is 1.82. The minimum atomic E-state index is -0.675. The first-order chi connectivity index (χ1) is 17.1. The number of para-hydroxylation sites is 1. The number of nitrogens with one attached hydrogen (secondary N) is 2. The molecule has 1 atom stereocenters. The van der Waals surface area contributed by atoms with Gasteiger partial charge in [0, 0.05) is 19.9 Å². The molecular formula is C28H39N3O5. The standard InChI is InChI=1S/C28H39N3O5/c1-7-23(35-25-11-9-8-10-20(25)2)17-19-34-24-14-12-22(13-15-24)16-18-29-26(30-21(3)32)31-27(33)36-28(4,5)6/h8-15,23H,7,16-19H2,1-6H3,(H2,29,30,31,32,33). The topological polar surface area (TPSA) is 98.2 Å². The molecule has 0 aliphatic carbocycles. The maximum absolute atomic E-state index is 12.0. The third kappa shape index (κ3) is 11.3. The number of alkyl carbamates (subject to hydrolysis) is 1. The second-order valence-electron chi connectivity index (χ2n) is 9.48. The van der Waals surface area contributed by atoms with Crippen molar-refractivity contribution < 1.29 is 23.8 Å². The van der Waals surface area contributed by atoms with Crippen LogP contribution < -0.4 is 20.1 Å². The molecule has 0 spiro atoms. The molecule has 0 saturated heterocycles. The van der Waals surface area contributed by atoms with Gasteiger partial charge in [-0.1, -0.05) is 37.3 Å². The molecule has 2 aromatic carbocycles. The van der Waals surface area contributed by atoms with E-state index in [2.05, 4.69) is 22.5 Å². The van der Waals surface area contributed by atoms with Gasteiger partial charge in [0.2, 0.25) is 11.9 Å². The lowest BCUT2D eigenvalue weighted by atomic mass is 10.1. The zero-order valence-electron chi connectivity index (χ0n) is 22.2. The molecule has 0 aliphatic heterocycles. The number of aliphatic imine (C=N–C) groups is 1. The van der Waals surface area contributed by atoms with Crippen LogP contribution in [0.15, 0.2) is 53.5 Å². The monoisotopic (exact) mass is 497 g/mol. The zero-order valence-corrected chi connectivity index (χ0v) is 22.2. The van der Waals surface area contributed by atoms with Crippen LogP contribution in [0.2, 0.25) is 0 Å². The molecule has 2 aromatic rings. The fourth-order valence-corrected chi connectivity index (χ4v) is 3.25. The summed E-state index contributed by atoms with van der Waals surface area (Å²) in [5.41, 5.74) is 1.53. The van der Waals surface area contributed by atoms with Crippen molar-refractivity contribution in [2.75, 3.05) is 13.2 Å². The number of nitrogens with zero attached hydrogens (tertiary/aromatic N) is 1. The Bertz CT molecular complexity index is 1010. The second kappa shape index (κ2) is 14.1. The lowest BCUT2D eigenvalue weighted by Gasteiger charge is -2.20. The van der Waals surface area contributed by atoms with Gasteiger partial charge in [0.15, 0.2) is 0 Å². The molecule has 1 unspecified atom stereocenters. The van der Waals surface area contributed by atoms with Crippen molar-refractivity contribution in [3.8, 4) is 11.5 Å². The Kier molecular flexibility index (Phi) is 11.2. The fraction of sp³-hybridized carbons (Fsp3) is 0.464. The van der Waals surface area contributed by atoms with Crippen molar-refractivity contribution in [1.29, 1.82) is 0 Å². The van der Waals surface area contributed by atoms with E-state index >= 15 is 0 Å². The molecule has 0 radical (unpaired) electrons. The van der Waals surface area contributed by atoms with E-state index in [1.807, 2.05) is 55.5 Å². The van der Waals surface area contributed by atoms with E-state index in [1.54, 1.807) is 20.8 Å². The predicted octanol–water partition coefficient (Wildman–Crippen LogP) is 5.18. The van der Waals surface area contributed by atoms with E-state index in [-0.39, 0.29) is 18.0 Å². The van der Waals surface area contributed by atoms with Crippen LogP contribution in [0.25, 0.3) is 0 Å². The van der Waals surface area contributed by atoms with Crippen molar-refractivity contribution in [3.63, 3.8) is 0 Å². The van der Waals surface area contributed by atoms with E-state index in [9.17, 15) is 9.59 Å². The van der Waals surface area contributed by atoms with Gasteiger partial charge in [0.05, 0.1) is 6.61 Å². The molecule has 0 aromatic heterocycles. The van der Waals surface area contributed by atoms with E-state index < -0.39 is 11.7 Å². The average Bonchev–Trinajstić information content (AvgIpc) is 2.79. The van der Waals surface area contributed by atoms with Crippen LogP contribution in [0.5, 0.6) is 11.5 Å². The van der Waals surface area contributed by atoms with Crippen LogP contribution in [0.4, 0.5) is 4.79 Å². The number of guanidine groups is 1. The summed E-state index contributed by atoms with van der Waals surface area (Å²) in [5, 5.41) is 5.00. The largest absolute Gasteiger partial charge is 0.493 e. The molecule has 0 bridgehead atoms. The van der Waals surface area contributed by atoms with Gasteiger partial charge in [-0.25, -0.2) is 4.79 Å². The number of carbonyl (C=O) groups excluding carboxylic acids is 2. The summed E-state index contributed by atoms with van der Waals surface area (Å²) >= 11 is 0. The van der Waals surface area contributed by atoms with Crippen LogP contribution in [0, 0.1) is 6.92 Å². The molecule has 2 N–H and O–H groups in total. The van der Waals surface area contributed by atoms with E-state index in [4.69, 9.17) is 14.2 Å². The number of amides is 2. The number of ether oxygens (including phenoxy) is 3. The maximum atomic E-state index is 12.0. The Morgan fingerprint density at radius 2 is 1.72 bits per heavy atom. The summed E-state index contributed by atoms with van der Waals surface area (Å²) in [5.74, 6) is 1.44. The van der Waals surface area contributed by atoms with Gasteiger partial charge in [-0.15, -0.1) is 0 Å². The molecular weight excluding hydrogens is 458 g/mol. The normalized spacial score (nSPS) is 12.4. The summed E-state index contributed by atoms with van der Waals surface area (Å²) in [6, 6.07) is 15.8. The molecule has 0 saturated carbocycles. The number of carbonyl (C=O) groups is 2. The van der Waals surface area contributed by atoms with Gasteiger partial charge in [-0.2, -0.15) is 0 Å². The van der Waals surface area contributed by atoms with Gasteiger partial charge in [-0.3, -0.25) is 20.4 Å². The first kappa shape index (κ1) is 28.7. The Hall–Kier alpha value is -3.55. The van der Waals surface area contributed by atoms with E-state index in [1.165, 1.54) is 6.92 Å². The first-order valence-corrected chi connectivity index (χ1v) is 12.3. The summed E-state index contributed by atoms with van der Waals surface area (Å²) in [4.78, 5) is 27.7. The van der Waals surface area contributed by atoms with Crippen molar-refractivity contribution in [3.05, 3.63) is 59.7 Å². The van der Waals surface area contributed by atoms with E-state index in [0.29, 0.717) is 19.6 Å². The molecule has 8 heteroatoms. The molecule has 2 rings (SSSR count). The highest BCUT2D eigenvalue weighted by atomic mass is 16.6. The van der Waals surface area contributed by atoms with Crippen molar-refractivity contribution in [1.82, 2.24) is 10.6 Å². The average molecular weight is 498 g/mol. The van der Waals surface area contributed by atoms with Crippen molar-refractivity contribution in [2.45, 2.75) is 72.5 Å². The Labute approximate surface area is 214 Å². The van der Waals surface area contributed by atoms with Crippen LogP contribution >= 0.6 is 0 Å². The minimum absolute atomic E-state index is 0.0649. The minimum Gasteiger partial charge on any atom is -0.493 e. The number of rotatable bonds is 10. The highest BCUT2D eigenvalue weighted by Gasteiger charge is 2.17. The van der Waals surface area contributed by atoms with Crippen LogP contribution in [0.1, 0.15) is 58.6 Å². The van der Waals surface area contributed by atoms with Crippen LogP contribution in [-0.4, -0.2) is 42.8 Å². The Morgan fingerprint density at radius 3 is 2.33 bits per heavy atom.